The molecule has 27 heavy (non-hydrogen) atoms. The van der Waals surface area contributed by atoms with Crippen molar-refractivity contribution >= 4 is 23.5 Å². The van der Waals surface area contributed by atoms with Gasteiger partial charge in [0.05, 0.1) is 12.2 Å². The molecule has 0 aliphatic heterocycles. The first-order valence-corrected chi connectivity index (χ1v) is 9.12. The second kappa shape index (κ2) is 9.58. The van der Waals surface area contributed by atoms with Crippen LogP contribution in [-0.4, -0.2) is 43.2 Å². The van der Waals surface area contributed by atoms with Crippen LogP contribution in [0.25, 0.3) is 0 Å². The van der Waals surface area contributed by atoms with Gasteiger partial charge in [0.15, 0.2) is 0 Å². The van der Waals surface area contributed by atoms with Crippen molar-refractivity contribution in [2.75, 3.05) is 20.3 Å². The minimum atomic E-state index is -0.471. The highest BCUT2D eigenvalue weighted by Gasteiger charge is 2.23. The fourth-order valence-electron chi connectivity index (χ4n) is 2.91. The molecule has 6 nitrogen and oxygen atoms in total. The third-order valence-corrected chi connectivity index (χ3v) is 4.62. The minimum Gasteiger partial charge on any atom is -0.460 e. The maximum Gasteiger partial charge on any atom is 0.340 e. The first-order valence-electron chi connectivity index (χ1n) is 8.74. The summed E-state index contributed by atoms with van der Waals surface area (Å²) in [4.78, 5) is 27.9. The molecule has 0 aliphatic rings. The Labute approximate surface area is 164 Å². The molecule has 0 fully saturated rings. The van der Waals surface area contributed by atoms with E-state index in [0.29, 0.717) is 40.6 Å². The Morgan fingerprint density at radius 2 is 1.93 bits per heavy atom. The van der Waals surface area contributed by atoms with Gasteiger partial charge in [-0.15, -0.1) is 0 Å². The van der Waals surface area contributed by atoms with Crippen LogP contribution < -0.4 is 5.32 Å². The van der Waals surface area contributed by atoms with Crippen LogP contribution in [0.1, 0.15) is 44.6 Å². The Morgan fingerprint density at radius 1 is 1.22 bits per heavy atom. The normalized spacial score (nSPS) is 11.9. The number of nitrogens with one attached hydrogen (secondary N) is 2. The van der Waals surface area contributed by atoms with Crippen LogP contribution in [0, 0.1) is 13.8 Å². The highest BCUT2D eigenvalue weighted by atomic mass is 35.5. The number of hydrogen-bond acceptors (Lipinski definition) is 4. The number of H-pyrrole nitrogens is 1. The summed E-state index contributed by atoms with van der Waals surface area (Å²) in [5.74, 6) is -0.743. The Hall–Kier alpha value is -2.31. The van der Waals surface area contributed by atoms with Crippen LogP contribution in [0.5, 0.6) is 0 Å². The Kier molecular flexibility index (Phi) is 7.45. The Morgan fingerprint density at radius 3 is 2.59 bits per heavy atom. The summed E-state index contributed by atoms with van der Waals surface area (Å²) in [6.07, 6.45) is 0.607. The van der Waals surface area contributed by atoms with Crippen molar-refractivity contribution in [3.8, 4) is 0 Å². The van der Waals surface area contributed by atoms with Gasteiger partial charge in [-0.05, 0) is 44.4 Å². The van der Waals surface area contributed by atoms with Crippen molar-refractivity contribution in [3.05, 3.63) is 57.4 Å². The number of rotatable bonds is 8. The molecule has 1 amide bonds. The van der Waals surface area contributed by atoms with Crippen LogP contribution >= 0.6 is 11.6 Å². The maximum atomic E-state index is 12.7. The summed E-state index contributed by atoms with van der Waals surface area (Å²) in [6, 6.07) is 7.41. The average molecular weight is 393 g/mol. The molecule has 0 saturated heterocycles. The number of halogens is 1. The van der Waals surface area contributed by atoms with E-state index >= 15 is 0 Å². The number of esters is 1. The van der Waals surface area contributed by atoms with Gasteiger partial charge in [-0.25, -0.2) is 4.79 Å². The first kappa shape index (κ1) is 21.0. The molecule has 0 spiro atoms. The standard InChI is InChI=1S/C20H25ClN2O4/c1-12(11-15-7-5-6-8-16(15)21)22-19(24)18-13(2)17(14(3)23-18)20(25)27-10-9-26-4/h5-8,12,23H,9-11H2,1-4H3,(H,22,24)/t12-/m0/s1. The number of ether oxygens (including phenoxy) is 2. The number of amides is 1. The van der Waals surface area contributed by atoms with Crippen molar-refractivity contribution in [1.82, 2.24) is 10.3 Å². The zero-order valence-corrected chi connectivity index (χ0v) is 16.8. The van der Waals surface area contributed by atoms with Crippen LogP contribution in [0.4, 0.5) is 0 Å². The van der Waals surface area contributed by atoms with Crippen molar-refractivity contribution in [3.63, 3.8) is 0 Å². The number of carbonyl (C=O) groups excluding carboxylic acids is 2. The lowest BCUT2D eigenvalue weighted by Crippen LogP contribution is -2.34. The van der Waals surface area contributed by atoms with E-state index in [1.807, 2.05) is 31.2 Å². The molecule has 0 aliphatic carbocycles. The number of carbonyl (C=O) groups is 2. The molecule has 146 valence electrons. The largest absolute Gasteiger partial charge is 0.460 e. The third-order valence-electron chi connectivity index (χ3n) is 4.25. The minimum absolute atomic E-state index is 0.127. The fourth-order valence-corrected chi connectivity index (χ4v) is 3.13. The Bertz CT molecular complexity index is 816. The van der Waals surface area contributed by atoms with E-state index in [1.54, 1.807) is 13.8 Å². The number of aromatic nitrogens is 1. The molecule has 1 aromatic carbocycles. The van der Waals surface area contributed by atoms with E-state index in [4.69, 9.17) is 21.1 Å². The molecule has 1 atom stereocenters. The third kappa shape index (κ3) is 5.34. The molecular weight excluding hydrogens is 368 g/mol. The second-order valence-electron chi connectivity index (χ2n) is 6.42. The summed E-state index contributed by atoms with van der Waals surface area (Å²) in [7, 11) is 1.53. The van der Waals surface area contributed by atoms with Crippen molar-refractivity contribution in [2.24, 2.45) is 0 Å². The van der Waals surface area contributed by atoms with Crippen LogP contribution in [0.2, 0.25) is 5.02 Å². The molecule has 2 N–H and O–H groups in total. The van der Waals surface area contributed by atoms with E-state index in [9.17, 15) is 9.59 Å². The Balaban J connectivity index is 2.07. The summed E-state index contributed by atoms with van der Waals surface area (Å²) < 4.78 is 10.0. The molecule has 0 saturated carbocycles. The topological polar surface area (TPSA) is 80.4 Å². The maximum absolute atomic E-state index is 12.7. The molecule has 7 heteroatoms. The summed E-state index contributed by atoms with van der Waals surface area (Å²) in [5, 5.41) is 3.62. The van der Waals surface area contributed by atoms with Gasteiger partial charge in [-0.3, -0.25) is 4.79 Å². The monoisotopic (exact) mass is 392 g/mol. The number of methoxy groups -OCH3 is 1. The van der Waals surface area contributed by atoms with E-state index in [-0.39, 0.29) is 18.6 Å². The van der Waals surface area contributed by atoms with E-state index < -0.39 is 5.97 Å². The van der Waals surface area contributed by atoms with Crippen molar-refractivity contribution in [1.29, 1.82) is 0 Å². The predicted octanol–water partition coefficient (Wildman–Crippen LogP) is 3.45. The van der Waals surface area contributed by atoms with Gasteiger partial charge in [-0.1, -0.05) is 29.8 Å². The molecule has 0 bridgehead atoms. The molecular formula is C20H25ClN2O4. The number of hydrogen-bond donors (Lipinski definition) is 2. The highest BCUT2D eigenvalue weighted by molar-refractivity contribution is 6.31. The first-order chi connectivity index (χ1) is 12.8. The van der Waals surface area contributed by atoms with Gasteiger partial charge in [0.25, 0.3) is 5.91 Å². The lowest BCUT2D eigenvalue weighted by atomic mass is 10.1. The zero-order chi connectivity index (χ0) is 20.0. The number of aromatic amines is 1. The van der Waals surface area contributed by atoms with E-state index in [2.05, 4.69) is 10.3 Å². The second-order valence-corrected chi connectivity index (χ2v) is 6.83. The van der Waals surface area contributed by atoms with Crippen molar-refractivity contribution in [2.45, 2.75) is 33.2 Å². The quantitative estimate of drug-likeness (QED) is 0.532. The van der Waals surface area contributed by atoms with Crippen LogP contribution in [-0.2, 0) is 15.9 Å². The lowest BCUT2D eigenvalue weighted by Gasteiger charge is -2.14. The smallest absolute Gasteiger partial charge is 0.340 e. The highest BCUT2D eigenvalue weighted by Crippen LogP contribution is 2.20. The van der Waals surface area contributed by atoms with Crippen LogP contribution in [0.3, 0.4) is 0 Å². The average Bonchev–Trinajstić information content (AvgIpc) is 2.91. The molecule has 2 aromatic rings. The van der Waals surface area contributed by atoms with Gasteiger partial charge in [0, 0.05) is 23.9 Å². The lowest BCUT2D eigenvalue weighted by molar-refractivity contribution is 0.0387. The van der Waals surface area contributed by atoms with Gasteiger partial charge < -0.3 is 19.8 Å². The van der Waals surface area contributed by atoms with Gasteiger partial charge >= 0.3 is 5.97 Å². The summed E-state index contributed by atoms with van der Waals surface area (Å²) in [5.41, 5.74) is 2.87. The molecule has 2 rings (SSSR count). The fraction of sp³-hybridized carbons (Fsp3) is 0.400. The van der Waals surface area contributed by atoms with Gasteiger partial charge in [0.1, 0.15) is 12.3 Å². The summed E-state index contributed by atoms with van der Waals surface area (Å²) >= 11 is 6.18. The number of aryl methyl sites for hydroxylation is 1. The molecule has 0 unspecified atom stereocenters. The molecule has 0 radical (unpaired) electrons. The number of benzene rings is 1. The molecule has 1 heterocycles. The SMILES string of the molecule is COCCOC(=O)c1c(C)[nH]c(C(=O)N[C@@H](C)Cc2ccccc2Cl)c1C. The van der Waals surface area contributed by atoms with Crippen molar-refractivity contribution < 1.29 is 19.1 Å². The van der Waals surface area contributed by atoms with Crippen LogP contribution in [0.15, 0.2) is 24.3 Å². The zero-order valence-electron chi connectivity index (χ0n) is 16.0. The van der Waals surface area contributed by atoms with Gasteiger partial charge in [-0.2, -0.15) is 0 Å². The van der Waals surface area contributed by atoms with E-state index in [0.717, 1.165) is 5.56 Å². The molecule has 1 aromatic heterocycles. The van der Waals surface area contributed by atoms with Gasteiger partial charge in [0.2, 0.25) is 0 Å². The predicted molar refractivity (Wildman–Crippen MR) is 105 cm³/mol. The summed E-state index contributed by atoms with van der Waals surface area (Å²) in [6.45, 7) is 5.86. The van der Waals surface area contributed by atoms with E-state index in [1.165, 1.54) is 7.11 Å².